The summed E-state index contributed by atoms with van der Waals surface area (Å²) in [5.41, 5.74) is 0.0648. The van der Waals surface area contributed by atoms with Gasteiger partial charge >= 0.3 is 5.97 Å². The van der Waals surface area contributed by atoms with Crippen molar-refractivity contribution in [1.29, 1.82) is 0 Å². The summed E-state index contributed by atoms with van der Waals surface area (Å²) in [6.07, 6.45) is 5.44. The lowest BCUT2D eigenvalue weighted by Gasteiger charge is -2.15. The number of phenols is 2. The summed E-state index contributed by atoms with van der Waals surface area (Å²) in [5.74, 6) is -1.77. The van der Waals surface area contributed by atoms with Gasteiger partial charge in [0.2, 0.25) is 0 Å². The Morgan fingerprint density at radius 3 is 2.62 bits per heavy atom. The van der Waals surface area contributed by atoms with E-state index in [0.717, 1.165) is 6.07 Å². The number of allylic oxidation sites excluding steroid dienone is 1. The van der Waals surface area contributed by atoms with Gasteiger partial charge in [-0.15, -0.1) is 0 Å². The molecule has 128 valence electrons. The predicted octanol–water partition coefficient (Wildman–Crippen LogP) is 2.02. The van der Waals surface area contributed by atoms with Crippen LogP contribution in [0, 0.1) is 0 Å². The molecule has 0 fully saturated rings. The monoisotopic (exact) mass is 332 g/mol. The van der Waals surface area contributed by atoms with Crippen LogP contribution in [0.1, 0.15) is 35.7 Å². The van der Waals surface area contributed by atoms with Crippen molar-refractivity contribution in [3.8, 4) is 11.5 Å². The third kappa shape index (κ3) is 4.70. The van der Waals surface area contributed by atoms with E-state index in [1.807, 2.05) is 0 Å². The second-order valence-corrected chi connectivity index (χ2v) is 5.73. The Hall–Kier alpha value is -2.60. The van der Waals surface area contributed by atoms with Crippen LogP contribution in [0.25, 0.3) is 0 Å². The molecular weight excluding hydrogens is 312 g/mol. The molecule has 0 aliphatic carbocycles. The molecule has 6 nitrogen and oxygen atoms in total. The number of hydrogen-bond donors (Lipinski definition) is 3. The lowest BCUT2D eigenvalue weighted by molar-refractivity contribution is -0.114. The standard InChI is InChI=1S/C18H20O6/c1-11-4-2-5-13(19)6-3-7-14(20)8-12-9-15(21)10-16(22)17(12)18(23)24-11/h2-3,5,7,9-11,13,19,21-22H,4,6,8H2,1H3/t11-,13+/m1/s1. The van der Waals surface area contributed by atoms with Gasteiger partial charge in [0, 0.05) is 18.9 Å². The first-order chi connectivity index (χ1) is 11.4. The Balaban J connectivity index is 2.41. The van der Waals surface area contributed by atoms with Crippen molar-refractivity contribution in [2.45, 2.75) is 38.4 Å². The second-order valence-electron chi connectivity index (χ2n) is 5.73. The maximum atomic E-state index is 12.3. The van der Waals surface area contributed by atoms with E-state index < -0.39 is 23.9 Å². The fourth-order valence-electron chi connectivity index (χ4n) is 2.43. The lowest BCUT2D eigenvalue weighted by Crippen LogP contribution is -2.17. The largest absolute Gasteiger partial charge is 0.508 e. The van der Waals surface area contributed by atoms with Gasteiger partial charge in [0.1, 0.15) is 23.2 Å². The second kappa shape index (κ2) is 7.79. The minimum absolute atomic E-state index is 0.123. The maximum Gasteiger partial charge on any atom is 0.342 e. The average molecular weight is 332 g/mol. The highest BCUT2D eigenvalue weighted by molar-refractivity contribution is 5.98. The van der Waals surface area contributed by atoms with Crippen LogP contribution in [-0.4, -0.2) is 39.3 Å². The molecule has 1 aliphatic rings. The minimum atomic E-state index is -0.766. The Morgan fingerprint density at radius 1 is 1.12 bits per heavy atom. The highest BCUT2D eigenvalue weighted by Gasteiger charge is 2.22. The highest BCUT2D eigenvalue weighted by atomic mass is 16.5. The van der Waals surface area contributed by atoms with Crippen molar-refractivity contribution >= 4 is 11.8 Å². The van der Waals surface area contributed by atoms with Crippen molar-refractivity contribution in [2.24, 2.45) is 0 Å². The number of benzene rings is 1. The maximum absolute atomic E-state index is 12.3. The fourth-order valence-corrected chi connectivity index (χ4v) is 2.43. The van der Waals surface area contributed by atoms with E-state index >= 15 is 0 Å². The number of rotatable bonds is 0. The van der Waals surface area contributed by atoms with Crippen LogP contribution in [0.5, 0.6) is 11.5 Å². The van der Waals surface area contributed by atoms with Crippen molar-refractivity contribution in [3.05, 3.63) is 47.6 Å². The van der Waals surface area contributed by atoms with Crippen molar-refractivity contribution < 1.29 is 29.6 Å². The van der Waals surface area contributed by atoms with Gasteiger partial charge in [-0.05, 0) is 31.1 Å². The summed E-state index contributed by atoms with van der Waals surface area (Å²) in [4.78, 5) is 24.3. The van der Waals surface area contributed by atoms with E-state index in [1.165, 1.54) is 12.1 Å². The number of aliphatic hydroxyl groups is 1. The van der Waals surface area contributed by atoms with Gasteiger partial charge < -0.3 is 20.1 Å². The predicted molar refractivity (Wildman–Crippen MR) is 86.9 cm³/mol. The molecule has 0 amide bonds. The van der Waals surface area contributed by atoms with Gasteiger partial charge in [-0.1, -0.05) is 18.2 Å². The molecule has 1 heterocycles. The van der Waals surface area contributed by atoms with Gasteiger partial charge in [-0.3, -0.25) is 4.79 Å². The normalized spacial score (nSPS) is 22.6. The molecule has 0 aromatic heterocycles. The molecule has 2 atom stereocenters. The van der Waals surface area contributed by atoms with Crippen LogP contribution >= 0.6 is 0 Å². The van der Waals surface area contributed by atoms with Crippen LogP contribution in [0.3, 0.4) is 0 Å². The summed E-state index contributed by atoms with van der Waals surface area (Å²) in [6.45, 7) is 1.68. The molecule has 1 aliphatic heterocycles. The fraction of sp³-hybridized carbons (Fsp3) is 0.333. The van der Waals surface area contributed by atoms with E-state index in [2.05, 4.69) is 0 Å². The van der Waals surface area contributed by atoms with E-state index in [0.29, 0.717) is 6.42 Å². The van der Waals surface area contributed by atoms with Crippen LogP contribution in [-0.2, 0) is 16.0 Å². The average Bonchev–Trinajstić information content (AvgIpc) is 2.45. The van der Waals surface area contributed by atoms with Crippen LogP contribution in [0.15, 0.2) is 36.4 Å². The van der Waals surface area contributed by atoms with E-state index in [9.17, 15) is 24.9 Å². The minimum Gasteiger partial charge on any atom is -0.508 e. The Bertz CT molecular complexity index is 689. The molecule has 0 unspecified atom stereocenters. The zero-order valence-electron chi connectivity index (χ0n) is 13.3. The number of carbonyl (C=O) groups is 2. The molecule has 0 saturated carbocycles. The Morgan fingerprint density at radius 2 is 1.88 bits per heavy atom. The number of esters is 1. The quantitative estimate of drug-likeness (QED) is 0.496. The van der Waals surface area contributed by atoms with Gasteiger partial charge in [0.05, 0.1) is 6.10 Å². The topological polar surface area (TPSA) is 104 Å². The summed E-state index contributed by atoms with van der Waals surface area (Å²) in [7, 11) is 0. The molecular formula is C18H20O6. The SMILES string of the molecule is C[C@@H]1CC=C[C@H](O)CC=CC(=O)Cc2cc(O)cc(O)c2C(=O)O1. The van der Waals surface area contributed by atoms with E-state index in [1.54, 1.807) is 25.2 Å². The van der Waals surface area contributed by atoms with Gasteiger partial charge in [-0.25, -0.2) is 4.79 Å². The third-order valence-electron chi connectivity index (χ3n) is 3.57. The smallest absolute Gasteiger partial charge is 0.342 e. The summed E-state index contributed by atoms with van der Waals surface area (Å²) < 4.78 is 5.27. The van der Waals surface area contributed by atoms with Crippen molar-refractivity contribution in [3.63, 3.8) is 0 Å². The molecule has 24 heavy (non-hydrogen) atoms. The Labute approximate surface area is 139 Å². The number of aliphatic hydroxyl groups excluding tert-OH is 1. The number of carbonyl (C=O) groups excluding carboxylic acids is 2. The number of fused-ring (bicyclic) bond motifs is 1. The molecule has 0 spiro atoms. The van der Waals surface area contributed by atoms with E-state index in [-0.39, 0.29) is 35.5 Å². The summed E-state index contributed by atoms with van der Waals surface area (Å²) in [6, 6.07) is 2.29. The number of aromatic hydroxyl groups is 2. The summed E-state index contributed by atoms with van der Waals surface area (Å²) in [5, 5.41) is 29.3. The lowest BCUT2D eigenvalue weighted by atomic mass is 10.00. The van der Waals surface area contributed by atoms with Crippen molar-refractivity contribution in [1.82, 2.24) is 0 Å². The summed E-state index contributed by atoms with van der Waals surface area (Å²) >= 11 is 0. The third-order valence-corrected chi connectivity index (χ3v) is 3.57. The number of ketones is 1. The molecule has 0 radical (unpaired) electrons. The van der Waals surface area contributed by atoms with E-state index in [4.69, 9.17) is 4.74 Å². The van der Waals surface area contributed by atoms with Crippen LogP contribution in [0.2, 0.25) is 0 Å². The zero-order chi connectivity index (χ0) is 17.7. The molecule has 1 aromatic carbocycles. The van der Waals surface area contributed by atoms with Gasteiger partial charge in [0.15, 0.2) is 5.78 Å². The molecule has 6 heteroatoms. The van der Waals surface area contributed by atoms with Crippen LogP contribution < -0.4 is 0 Å². The highest BCUT2D eigenvalue weighted by Crippen LogP contribution is 2.29. The first-order valence-corrected chi connectivity index (χ1v) is 7.66. The van der Waals surface area contributed by atoms with Crippen LogP contribution in [0.4, 0.5) is 0 Å². The number of ether oxygens (including phenoxy) is 1. The number of cyclic esters (lactones) is 1. The number of phenolic OH excluding ortho intramolecular Hbond substituents is 2. The zero-order valence-corrected chi connectivity index (χ0v) is 13.3. The molecule has 0 bridgehead atoms. The van der Waals surface area contributed by atoms with Gasteiger partial charge in [0.25, 0.3) is 0 Å². The molecule has 2 rings (SSSR count). The molecule has 0 saturated heterocycles. The molecule has 3 N–H and O–H groups in total. The molecule has 1 aromatic rings. The first kappa shape index (κ1) is 17.7. The Kier molecular flexibility index (Phi) is 5.76. The number of hydrogen-bond acceptors (Lipinski definition) is 6. The van der Waals surface area contributed by atoms with Gasteiger partial charge in [-0.2, -0.15) is 0 Å². The van der Waals surface area contributed by atoms with Crippen molar-refractivity contribution in [2.75, 3.05) is 0 Å². The first-order valence-electron chi connectivity index (χ1n) is 7.66.